The van der Waals surface area contributed by atoms with Crippen molar-refractivity contribution in [3.05, 3.63) is 28.5 Å². The summed E-state index contributed by atoms with van der Waals surface area (Å²) < 4.78 is 40.5. The first-order valence-electron chi connectivity index (χ1n) is 6.01. The molecule has 1 saturated carbocycles. The lowest BCUT2D eigenvalue weighted by atomic mass is 10.2. The van der Waals surface area contributed by atoms with Gasteiger partial charge in [0.2, 0.25) is 10.0 Å². The standard InChI is InChI=1S/C12H13ClFNO4S/c1-2-6-3-9(6)15-20(18,19)10-5-7(13)4-8(11(10)14)12(16)17/h4-6,9,15H,2-3H2,1H3,(H,16,17). The van der Waals surface area contributed by atoms with E-state index < -0.39 is 32.3 Å². The van der Waals surface area contributed by atoms with Crippen molar-refractivity contribution in [2.75, 3.05) is 0 Å². The number of aromatic carboxylic acids is 1. The fraction of sp³-hybridized carbons (Fsp3) is 0.417. The number of carboxylic acids is 1. The number of halogens is 2. The third-order valence-electron chi connectivity index (χ3n) is 3.28. The van der Waals surface area contributed by atoms with Crippen LogP contribution in [0.15, 0.2) is 17.0 Å². The van der Waals surface area contributed by atoms with Crippen molar-refractivity contribution in [3.8, 4) is 0 Å². The first-order chi connectivity index (χ1) is 9.26. The Labute approximate surface area is 120 Å². The molecule has 0 amide bonds. The molecule has 2 unspecified atom stereocenters. The number of rotatable bonds is 5. The lowest BCUT2D eigenvalue weighted by molar-refractivity contribution is 0.0691. The summed E-state index contributed by atoms with van der Waals surface area (Å²) in [6, 6.07) is 1.57. The largest absolute Gasteiger partial charge is 0.478 e. The van der Waals surface area contributed by atoms with Crippen molar-refractivity contribution in [1.82, 2.24) is 4.72 Å². The fourth-order valence-corrected chi connectivity index (χ4v) is 3.75. The SMILES string of the molecule is CCC1CC1NS(=O)(=O)c1cc(Cl)cc(C(=O)O)c1F. The van der Waals surface area contributed by atoms with Crippen LogP contribution in [0.5, 0.6) is 0 Å². The van der Waals surface area contributed by atoms with Gasteiger partial charge in [0.15, 0.2) is 5.82 Å². The summed E-state index contributed by atoms with van der Waals surface area (Å²) in [5, 5.41) is 8.69. The monoisotopic (exact) mass is 321 g/mol. The van der Waals surface area contributed by atoms with E-state index in [2.05, 4.69) is 4.72 Å². The highest BCUT2D eigenvalue weighted by Gasteiger charge is 2.39. The van der Waals surface area contributed by atoms with Crippen molar-refractivity contribution in [1.29, 1.82) is 0 Å². The van der Waals surface area contributed by atoms with Gasteiger partial charge in [-0.15, -0.1) is 0 Å². The van der Waals surface area contributed by atoms with Crippen molar-refractivity contribution >= 4 is 27.6 Å². The molecule has 1 fully saturated rings. The van der Waals surface area contributed by atoms with Gasteiger partial charge < -0.3 is 5.11 Å². The third-order valence-corrected chi connectivity index (χ3v) is 4.98. The summed E-state index contributed by atoms with van der Waals surface area (Å²) >= 11 is 5.66. The number of hydrogen-bond donors (Lipinski definition) is 2. The van der Waals surface area contributed by atoms with Crippen molar-refractivity contribution < 1.29 is 22.7 Å². The second-order valence-corrected chi connectivity index (χ2v) is 6.82. The highest BCUT2D eigenvalue weighted by Crippen LogP contribution is 2.35. The smallest absolute Gasteiger partial charge is 0.338 e. The fourth-order valence-electron chi connectivity index (χ4n) is 2.02. The Balaban J connectivity index is 2.39. The minimum atomic E-state index is -4.12. The second kappa shape index (κ2) is 5.31. The summed E-state index contributed by atoms with van der Waals surface area (Å²) in [5.41, 5.74) is -0.763. The summed E-state index contributed by atoms with van der Waals surface area (Å²) in [6.07, 6.45) is 1.52. The van der Waals surface area contributed by atoms with Gasteiger partial charge in [-0.1, -0.05) is 24.9 Å². The molecule has 1 aromatic carbocycles. The predicted octanol–water partition coefficient (Wildman–Crippen LogP) is 2.25. The average Bonchev–Trinajstić information content (AvgIpc) is 3.08. The zero-order chi connectivity index (χ0) is 15.1. The number of hydrogen-bond acceptors (Lipinski definition) is 3. The Morgan fingerprint density at radius 3 is 2.70 bits per heavy atom. The maximum absolute atomic E-state index is 14.0. The van der Waals surface area contributed by atoms with Crippen LogP contribution >= 0.6 is 11.6 Å². The van der Waals surface area contributed by atoms with Crippen LogP contribution in [0, 0.1) is 11.7 Å². The van der Waals surface area contributed by atoms with Gasteiger partial charge in [0.1, 0.15) is 4.90 Å². The van der Waals surface area contributed by atoms with Crippen LogP contribution in [0.2, 0.25) is 5.02 Å². The summed E-state index contributed by atoms with van der Waals surface area (Å²) in [5.74, 6) is -2.63. The summed E-state index contributed by atoms with van der Waals surface area (Å²) in [6.45, 7) is 1.93. The summed E-state index contributed by atoms with van der Waals surface area (Å²) in [4.78, 5) is 10.1. The highest BCUT2D eigenvalue weighted by atomic mass is 35.5. The van der Waals surface area contributed by atoms with Crippen molar-refractivity contribution in [3.63, 3.8) is 0 Å². The molecule has 2 N–H and O–H groups in total. The van der Waals surface area contributed by atoms with E-state index in [0.29, 0.717) is 6.42 Å². The van der Waals surface area contributed by atoms with Crippen molar-refractivity contribution in [2.24, 2.45) is 5.92 Å². The molecule has 0 radical (unpaired) electrons. The Kier molecular flexibility index (Phi) is 4.04. The zero-order valence-electron chi connectivity index (χ0n) is 10.6. The Hall–Kier alpha value is -1.18. The molecule has 0 aromatic heterocycles. The molecule has 0 bridgehead atoms. The van der Waals surface area contributed by atoms with Gasteiger partial charge in [0, 0.05) is 11.1 Å². The number of sulfonamides is 1. The van der Waals surface area contributed by atoms with Gasteiger partial charge in [-0.3, -0.25) is 0 Å². The quantitative estimate of drug-likeness (QED) is 0.871. The minimum Gasteiger partial charge on any atom is -0.478 e. The number of nitrogens with one attached hydrogen (secondary N) is 1. The van der Waals surface area contributed by atoms with Gasteiger partial charge in [-0.2, -0.15) is 0 Å². The van der Waals surface area contributed by atoms with Crippen LogP contribution in [-0.4, -0.2) is 25.5 Å². The zero-order valence-corrected chi connectivity index (χ0v) is 12.1. The molecule has 0 saturated heterocycles. The van der Waals surface area contributed by atoms with Crippen LogP contribution in [0.3, 0.4) is 0 Å². The van der Waals surface area contributed by atoms with Crippen LogP contribution in [0.1, 0.15) is 30.1 Å². The Bertz CT molecular complexity index is 662. The molecule has 0 heterocycles. The number of carbonyl (C=O) groups is 1. The van der Waals surface area contributed by atoms with Crippen LogP contribution in [0.4, 0.5) is 4.39 Å². The molecule has 2 rings (SSSR count). The Morgan fingerprint density at radius 2 is 2.20 bits per heavy atom. The van der Waals surface area contributed by atoms with E-state index in [1.807, 2.05) is 6.92 Å². The second-order valence-electron chi connectivity index (χ2n) is 4.70. The Morgan fingerprint density at radius 1 is 1.55 bits per heavy atom. The minimum absolute atomic E-state index is 0.146. The average molecular weight is 322 g/mol. The van der Waals surface area contributed by atoms with E-state index in [9.17, 15) is 17.6 Å². The van der Waals surface area contributed by atoms with Crippen molar-refractivity contribution in [2.45, 2.75) is 30.7 Å². The molecule has 0 aliphatic heterocycles. The molecule has 1 aromatic rings. The van der Waals surface area contributed by atoms with Crippen LogP contribution < -0.4 is 4.72 Å². The first-order valence-corrected chi connectivity index (χ1v) is 7.87. The number of benzene rings is 1. The molecular formula is C12H13ClFNO4S. The molecule has 5 nitrogen and oxygen atoms in total. The van der Waals surface area contributed by atoms with Gasteiger partial charge in [-0.25, -0.2) is 22.3 Å². The van der Waals surface area contributed by atoms with E-state index in [1.54, 1.807) is 0 Å². The third kappa shape index (κ3) is 2.94. The van der Waals surface area contributed by atoms with Crippen LogP contribution in [-0.2, 0) is 10.0 Å². The molecule has 20 heavy (non-hydrogen) atoms. The maximum Gasteiger partial charge on any atom is 0.338 e. The van der Waals surface area contributed by atoms with E-state index >= 15 is 0 Å². The molecule has 2 atom stereocenters. The van der Waals surface area contributed by atoms with Gasteiger partial charge in [0.05, 0.1) is 5.56 Å². The van der Waals surface area contributed by atoms with E-state index in [0.717, 1.165) is 18.6 Å². The van der Waals surface area contributed by atoms with E-state index in [4.69, 9.17) is 16.7 Å². The normalized spacial score (nSPS) is 21.8. The lowest BCUT2D eigenvalue weighted by Crippen LogP contribution is -2.28. The molecular weight excluding hydrogens is 309 g/mol. The molecule has 8 heteroatoms. The first kappa shape index (κ1) is 15.2. The van der Waals surface area contributed by atoms with Gasteiger partial charge in [0.25, 0.3) is 0 Å². The number of carboxylic acid groups (broad SMARTS) is 1. The van der Waals surface area contributed by atoms with E-state index in [-0.39, 0.29) is 17.0 Å². The van der Waals surface area contributed by atoms with E-state index in [1.165, 1.54) is 0 Å². The molecule has 1 aliphatic carbocycles. The predicted molar refractivity (Wildman–Crippen MR) is 70.9 cm³/mol. The van der Waals surface area contributed by atoms with Crippen LogP contribution in [0.25, 0.3) is 0 Å². The summed E-state index contributed by atoms with van der Waals surface area (Å²) in [7, 11) is -4.12. The topological polar surface area (TPSA) is 83.5 Å². The van der Waals surface area contributed by atoms with Gasteiger partial charge in [-0.05, 0) is 24.5 Å². The molecule has 110 valence electrons. The molecule has 1 aliphatic rings. The lowest BCUT2D eigenvalue weighted by Gasteiger charge is -2.09. The maximum atomic E-state index is 14.0. The molecule has 0 spiro atoms. The van der Waals surface area contributed by atoms with Gasteiger partial charge >= 0.3 is 5.97 Å². The highest BCUT2D eigenvalue weighted by molar-refractivity contribution is 7.89.